The molecule has 0 spiro atoms. The maximum atomic E-state index is 13.8. The van der Waals surface area contributed by atoms with Crippen molar-refractivity contribution in [2.45, 2.75) is 44.6 Å². The van der Waals surface area contributed by atoms with E-state index >= 15 is 0 Å². The van der Waals surface area contributed by atoms with Gasteiger partial charge in [-0.15, -0.1) is 0 Å². The zero-order chi connectivity index (χ0) is 25.2. The Kier molecular flexibility index (Phi) is 6.82. The first-order valence-electron chi connectivity index (χ1n) is 11.9. The third-order valence-corrected chi connectivity index (χ3v) is 7.90. The Morgan fingerprint density at radius 2 is 1.72 bits per heavy atom. The topological polar surface area (TPSA) is 83.7 Å². The summed E-state index contributed by atoms with van der Waals surface area (Å²) in [6.07, 6.45) is 7.70. The van der Waals surface area contributed by atoms with E-state index < -0.39 is 23.5 Å². The van der Waals surface area contributed by atoms with Gasteiger partial charge in [0.25, 0.3) is 5.91 Å². The van der Waals surface area contributed by atoms with E-state index in [1.807, 2.05) is 6.20 Å². The molecule has 9 heteroatoms. The van der Waals surface area contributed by atoms with Crippen LogP contribution in [0.15, 0.2) is 54.9 Å². The molecule has 2 aromatic carbocycles. The molecule has 36 heavy (non-hydrogen) atoms. The van der Waals surface area contributed by atoms with Gasteiger partial charge >= 0.3 is 5.97 Å². The van der Waals surface area contributed by atoms with Crippen LogP contribution in [0.1, 0.15) is 59.6 Å². The fourth-order valence-corrected chi connectivity index (χ4v) is 5.84. The highest BCUT2D eigenvalue weighted by molar-refractivity contribution is 7.20. The number of rotatable bonds is 7. The number of fused-ring (bicyclic) bond motifs is 1. The maximum Gasteiger partial charge on any atom is 0.303 e. The largest absolute Gasteiger partial charge is 0.481 e. The van der Waals surface area contributed by atoms with Gasteiger partial charge in [0.05, 0.1) is 4.88 Å². The van der Waals surface area contributed by atoms with Gasteiger partial charge in [-0.2, -0.15) is 0 Å². The molecule has 1 aliphatic carbocycles. The van der Waals surface area contributed by atoms with Crippen molar-refractivity contribution in [3.05, 3.63) is 83.3 Å². The Labute approximate surface area is 210 Å². The van der Waals surface area contributed by atoms with Crippen LogP contribution in [0.4, 0.5) is 8.78 Å². The summed E-state index contributed by atoms with van der Waals surface area (Å²) < 4.78 is 29.3. The number of benzene rings is 2. The molecule has 2 heterocycles. The second-order valence-corrected chi connectivity index (χ2v) is 10.2. The van der Waals surface area contributed by atoms with Gasteiger partial charge in [-0.3, -0.25) is 14.0 Å². The number of imidazole rings is 1. The second kappa shape index (κ2) is 10.2. The summed E-state index contributed by atoms with van der Waals surface area (Å²) in [5, 5.41) is 11.5. The first-order valence-corrected chi connectivity index (χ1v) is 12.7. The molecule has 2 aromatic heterocycles. The van der Waals surface area contributed by atoms with Crippen molar-refractivity contribution in [2.24, 2.45) is 5.92 Å². The van der Waals surface area contributed by atoms with Crippen LogP contribution in [0.3, 0.4) is 0 Å². The predicted molar refractivity (Wildman–Crippen MR) is 133 cm³/mol. The Morgan fingerprint density at radius 1 is 1.03 bits per heavy atom. The molecule has 6 nitrogen and oxygen atoms in total. The molecule has 1 aliphatic rings. The summed E-state index contributed by atoms with van der Waals surface area (Å²) in [6, 6.07) is 12.0. The number of hydrogen-bond donors (Lipinski definition) is 2. The predicted octanol–water partition coefficient (Wildman–Crippen LogP) is 6.02. The van der Waals surface area contributed by atoms with Gasteiger partial charge in [0.1, 0.15) is 17.3 Å². The highest BCUT2D eigenvalue weighted by Gasteiger charge is 2.24. The van der Waals surface area contributed by atoms with Crippen LogP contribution in [0, 0.1) is 17.6 Å². The van der Waals surface area contributed by atoms with Crippen LogP contribution in [-0.2, 0) is 11.3 Å². The van der Waals surface area contributed by atoms with Gasteiger partial charge in [-0.1, -0.05) is 41.7 Å². The van der Waals surface area contributed by atoms with Crippen molar-refractivity contribution in [1.29, 1.82) is 0 Å². The molecule has 1 saturated carbocycles. The van der Waals surface area contributed by atoms with Gasteiger partial charge in [-0.25, -0.2) is 13.8 Å². The Bertz CT molecular complexity index is 1350. The molecule has 0 unspecified atom stereocenters. The quantitative estimate of drug-likeness (QED) is 0.319. The summed E-state index contributed by atoms with van der Waals surface area (Å²) in [5.41, 5.74) is 2.32. The lowest BCUT2D eigenvalue weighted by atomic mass is 9.77. The fraction of sp³-hybridized carbons (Fsp3) is 0.296. The molecule has 186 valence electrons. The number of carboxylic acid groups (broad SMARTS) is 1. The van der Waals surface area contributed by atoms with E-state index in [4.69, 9.17) is 5.11 Å². The molecule has 2 N–H and O–H groups in total. The first-order chi connectivity index (χ1) is 17.4. The Morgan fingerprint density at radius 3 is 2.36 bits per heavy atom. The van der Waals surface area contributed by atoms with Gasteiger partial charge < -0.3 is 10.4 Å². The number of halogens is 2. The molecule has 5 rings (SSSR count). The van der Waals surface area contributed by atoms with E-state index in [0.717, 1.165) is 48.3 Å². The smallest absolute Gasteiger partial charge is 0.303 e. The minimum absolute atomic E-state index is 0.179. The van der Waals surface area contributed by atoms with Crippen LogP contribution in [0.5, 0.6) is 0 Å². The molecular formula is C27H25F2N3O3S. The van der Waals surface area contributed by atoms with Crippen LogP contribution >= 0.6 is 11.3 Å². The lowest BCUT2D eigenvalue weighted by Crippen LogP contribution is -2.24. The summed E-state index contributed by atoms with van der Waals surface area (Å²) in [4.78, 5) is 29.4. The van der Waals surface area contributed by atoms with Crippen LogP contribution in [0.25, 0.3) is 15.4 Å². The minimum atomic E-state index is -0.712. The number of carbonyl (C=O) groups excluding carboxylic acids is 1. The maximum absolute atomic E-state index is 13.8. The summed E-state index contributed by atoms with van der Waals surface area (Å²) >= 11 is 1.45. The number of carbonyl (C=O) groups is 2. The molecular weight excluding hydrogens is 484 g/mol. The van der Waals surface area contributed by atoms with E-state index in [0.29, 0.717) is 10.9 Å². The van der Waals surface area contributed by atoms with E-state index in [9.17, 15) is 18.4 Å². The van der Waals surface area contributed by atoms with Crippen molar-refractivity contribution >= 4 is 28.2 Å². The van der Waals surface area contributed by atoms with Crippen LogP contribution in [-0.4, -0.2) is 26.4 Å². The normalized spacial score (nSPS) is 17.8. The SMILES string of the molecule is O=C(O)C[C@H]1CC[C@H](c2ccc(-c3cn4cc(C(=O)NCc5c(F)cccc5F)nc4s3)cc2)CC1. The van der Waals surface area contributed by atoms with E-state index in [1.54, 1.807) is 10.6 Å². The summed E-state index contributed by atoms with van der Waals surface area (Å²) in [6.45, 7) is -0.263. The standard InChI is InChI=1S/C27H25F2N3O3S/c28-21-2-1-3-22(29)20(21)13-30-26(35)23-14-32-15-24(36-27(32)31-23)19-10-8-18(9-11-19)17-6-4-16(5-7-17)12-25(33)34/h1-3,8-11,14-17H,4-7,12-13H2,(H,30,35)(H,33,34)/t16-,17-. The summed E-state index contributed by atoms with van der Waals surface area (Å²) in [7, 11) is 0. The average molecular weight is 510 g/mol. The number of aromatic nitrogens is 2. The fourth-order valence-electron chi connectivity index (χ4n) is 4.87. The molecule has 1 fully saturated rings. The van der Waals surface area contributed by atoms with Crippen molar-refractivity contribution in [1.82, 2.24) is 14.7 Å². The number of thiazole rings is 1. The minimum Gasteiger partial charge on any atom is -0.481 e. The Hall–Kier alpha value is -3.59. The second-order valence-electron chi connectivity index (χ2n) is 9.23. The van der Waals surface area contributed by atoms with Crippen molar-refractivity contribution in [3.63, 3.8) is 0 Å². The number of carboxylic acids is 1. The zero-order valence-corrected chi connectivity index (χ0v) is 20.2. The van der Waals surface area contributed by atoms with Gasteiger partial charge in [0.15, 0.2) is 4.96 Å². The molecule has 0 atom stereocenters. The summed E-state index contributed by atoms with van der Waals surface area (Å²) in [5.74, 6) is -1.88. The first kappa shape index (κ1) is 24.1. The molecule has 0 aliphatic heterocycles. The number of amides is 1. The monoisotopic (exact) mass is 509 g/mol. The van der Waals surface area contributed by atoms with E-state index in [-0.39, 0.29) is 30.1 Å². The van der Waals surface area contributed by atoms with Crippen LogP contribution < -0.4 is 5.32 Å². The Balaban J connectivity index is 1.22. The molecule has 4 aromatic rings. The third-order valence-electron chi connectivity index (χ3n) is 6.85. The van der Waals surface area contributed by atoms with Gasteiger partial charge in [-0.05, 0) is 60.8 Å². The highest BCUT2D eigenvalue weighted by Crippen LogP contribution is 2.38. The van der Waals surface area contributed by atoms with E-state index in [2.05, 4.69) is 34.6 Å². The lowest BCUT2D eigenvalue weighted by Gasteiger charge is -2.28. The van der Waals surface area contributed by atoms with Gasteiger partial charge in [0.2, 0.25) is 0 Å². The molecule has 0 saturated heterocycles. The van der Waals surface area contributed by atoms with Crippen molar-refractivity contribution in [3.8, 4) is 10.4 Å². The van der Waals surface area contributed by atoms with E-state index in [1.165, 1.54) is 23.0 Å². The highest BCUT2D eigenvalue weighted by atomic mass is 32.1. The number of nitrogens with zero attached hydrogens (tertiary/aromatic N) is 2. The molecule has 0 bridgehead atoms. The van der Waals surface area contributed by atoms with Crippen LogP contribution in [0.2, 0.25) is 0 Å². The number of nitrogens with one attached hydrogen (secondary N) is 1. The lowest BCUT2D eigenvalue weighted by molar-refractivity contribution is -0.138. The molecule has 1 amide bonds. The number of hydrogen-bond acceptors (Lipinski definition) is 4. The molecule has 0 radical (unpaired) electrons. The number of aliphatic carboxylic acids is 1. The van der Waals surface area contributed by atoms with Gasteiger partial charge in [0, 0.05) is 30.9 Å². The average Bonchev–Trinajstić information content (AvgIpc) is 3.44. The zero-order valence-electron chi connectivity index (χ0n) is 19.4. The van der Waals surface area contributed by atoms with Crippen molar-refractivity contribution < 1.29 is 23.5 Å². The van der Waals surface area contributed by atoms with Crippen molar-refractivity contribution in [2.75, 3.05) is 0 Å². The third kappa shape index (κ3) is 5.16.